The van der Waals surface area contributed by atoms with Gasteiger partial charge in [0, 0.05) is 6.54 Å². The Morgan fingerprint density at radius 3 is 2.71 bits per heavy atom. The van der Waals surface area contributed by atoms with Gasteiger partial charge in [0.2, 0.25) is 0 Å². The van der Waals surface area contributed by atoms with Crippen molar-refractivity contribution in [3.8, 4) is 0 Å². The van der Waals surface area contributed by atoms with E-state index in [2.05, 4.69) is 12.2 Å². The van der Waals surface area contributed by atoms with E-state index in [0.29, 0.717) is 11.6 Å². The summed E-state index contributed by atoms with van der Waals surface area (Å²) in [6.45, 7) is 3.22. The van der Waals surface area contributed by atoms with Crippen molar-refractivity contribution in [2.45, 2.75) is 32.6 Å². The first kappa shape index (κ1) is 12.2. The van der Waals surface area contributed by atoms with Crippen molar-refractivity contribution in [3.05, 3.63) is 24.0 Å². The minimum Gasteiger partial charge on any atom is -0.397 e. The highest BCUT2D eigenvalue weighted by atomic mass is 19.1. The monoisotopic (exact) mass is 236 g/mol. The normalized spacial score (nSPS) is 24.6. The molecule has 0 bridgehead atoms. The highest BCUT2D eigenvalue weighted by Gasteiger charge is 2.18. The fourth-order valence-electron chi connectivity index (χ4n) is 2.47. The van der Waals surface area contributed by atoms with E-state index in [1.54, 1.807) is 6.07 Å². The molecule has 0 unspecified atom stereocenters. The first-order chi connectivity index (χ1) is 8.15. The Kier molecular flexibility index (Phi) is 3.87. The quantitative estimate of drug-likeness (QED) is 0.786. The fourth-order valence-corrected chi connectivity index (χ4v) is 2.47. The molecule has 0 aromatic heterocycles. The number of benzene rings is 1. The summed E-state index contributed by atoms with van der Waals surface area (Å²) in [5.41, 5.74) is 7.14. The number of hydrogen-bond acceptors (Lipinski definition) is 2. The molecule has 1 aliphatic rings. The molecule has 0 spiro atoms. The van der Waals surface area contributed by atoms with Crippen LogP contribution in [0.3, 0.4) is 0 Å². The summed E-state index contributed by atoms with van der Waals surface area (Å²) in [7, 11) is 0. The lowest BCUT2D eigenvalue weighted by Crippen LogP contribution is -2.20. The van der Waals surface area contributed by atoms with Gasteiger partial charge in [-0.3, -0.25) is 0 Å². The van der Waals surface area contributed by atoms with Crippen molar-refractivity contribution in [2.24, 2.45) is 11.8 Å². The van der Waals surface area contributed by atoms with Gasteiger partial charge in [-0.15, -0.1) is 0 Å². The molecule has 1 fully saturated rings. The molecular formula is C14H21FN2. The molecule has 2 rings (SSSR count). The van der Waals surface area contributed by atoms with E-state index in [4.69, 9.17) is 5.73 Å². The van der Waals surface area contributed by atoms with Crippen LogP contribution in [0.15, 0.2) is 18.2 Å². The minimum atomic E-state index is -0.237. The summed E-state index contributed by atoms with van der Waals surface area (Å²) in [5, 5.41) is 3.27. The van der Waals surface area contributed by atoms with E-state index in [1.165, 1.54) is 37.8 Å². The van der Waals surface area contributed by atoms with Gasteiger partial charge in [-0.05, 0) is 42.9 Å². The SMILES string of the molecule is CC1CCC(CNc2cc(F)ccc2N)CC1. The van der Waals surface area contributed by atoms with Crippen molar-refractivity contribution < 1.29 is 4.39 Å². The third kappa shape index (κ3) is 3.35. The third-order valence-corrected chi connectivity index (χ3v) is 3.73. The molecule has 3 heteroatoms. The Hall–Kier alpha value is -1.25. The Morgan fingerprint density at radius 1 is 1.29 bits per heavy atom. The number of anilines is 2. The van der Waals surface area contributed by atoms with Gasteiger partial charge in [-0.1, -0.05) is 19.8 Å². The molecule has 1 saturated carbocycles. The smallest absolute Gasteiger partial charge is 0.125 e. The average molecular weight is 236 g/mol. The Morgan fingerprint density at radius 2 is 2.00 bits per heavy atom. The van der Waals surface area contributed by atoms with Gasteiger partial charge in [-0.2, -0.15) is 0 Å². The lowest BCUT2D eigenvalue weighted by molar-refractivity contribution is 0.300. The van der Waals surface area contributed by atoms with E-state index in [1.807, 2.05) is 0 Å². The van der Waals surface area contributed by atoms with E-state index < -0.39 is 0 Å². The molecule has 1 aliphatic carbocycles. The van der Waals surface area contributed by atoms with Gasteiger partial charge >= 0.3 is 0 Å². The molecule has 0 aliphatic heterocycles. The zero-order chi connectivity index (χ0) is 12.3. The Labute approximate surface area is 102 Å². The van der Waals surface area contributed by atoms with Gasteiger partial charge in [0.25, 0.3) is 0 Å². The lowest BCUT2D eigenvalue weighted by atomic mass is 9.83. The minimum absolute atomic E-state index is 0.237. The van der Waals surface area contributed by atoms with Crippen LogP contribution in [0.5, 0.6) is 0 Å². The van der Waals surface area contributed by atoms with E-state index in [0.717, 1.165) is 18.2 Å². The zero-order valence-electron chi connectivity index (χ0n) is 10.4. The second-order valence-corrected chi connectivity index (χ2v) is 5.24. The first-order valence-corrected chi connectivity index (χ1v) is 6.44. The Balaban J connectivity index is 1.87. The second-order valence-electron chi connectivity index (χ2n) is 5.24. The van der Waals surface area contributed by atoms with Crippen LogP contribution in [0.2, 0.25) is 0 Å². The van der Waals surface area contributed by atoms with E-state index in [-0.39, 0.29) is 5.82 Å². The third-order valence-electron chi connectivity index (χ3n) is 3.73. The standard InChI is InChI=1S/C14H21FN2/c1-10-2-4-11(5-3-10)9-17-14-8-12(15)6-7-13(14)16/h6-8,10-11,17H,2-5,9,16H2,1H3. The number of halogens is 1. The van der Waals surface area contributed by atoms with Crippen LogP contribution in [-0.2, 0) is 0 Å². The van der Waals surface area contributed by atoms with Crippen LogP contribution < -0.4 is 11.1 Å². The predicted molar refractivity (Wildman–Crippen MR) is 70.4 cm³/mol. The van der Waals surface area contributed by atoms with Gasteiger partial charge in [0.1, 0.15) is 5.82 Å². The number of nitrogens with two attached hydrogens (primary N) is 1. The summed E-state index contributed by atoms with van der Waals surface area (Å²) in [4.78, 5) is 0. The summed E-state index contributed by atoms with van der Waals surface area (Å²) in [6.07, 6.45) is 5.16. The van der Waals surface area contributed by atoms with Gasteiger partial charge in [0.15, 0.2) is 0 Å². The maximum atomic E-state index is 13.1. The van der Waals surface area contributed by atoms with Gasteiger partial charge in [-0.25, -0.2) is 4.39 Å². The number of hydrogen-bond donors (Lipinski definition) is 2. The van der Waals surface area contributed by atoms with Crippen molar-refractivity contribution in [3.63, 3.8) is 0 Å². The van der Waals surface area contributed by atoms with Crippen LogP contribution in [0.4, 0.5) is 15.8 Å². The van der Waals surface area contributed by atoms with E-state index in [9.17, 15) is 4.39 Å². The maximum absolute atomic E-state index is 13.1. The largest absolute Gasteiger partial charge is 0.397 e. The van der Waals surface area contributed by atoms with Crippen molar-refractivity contribution in [1.82, 2.24) is 0 Å². The van der Waals surface area contributed by atoms with Crippen LogP contribution in [-0.4, -0.2) is 6.54 Å². The van der Waals surface area contributed by atoms with Gasteiger partial charge < -0.3 is 11.1 Å². The zero-order valence-corrected chi connectivity index (χ0v) is 10.4. The van der Waals surface area contributed by atoms with Crippen molar-refractivity contribution in [1.29, 1.82) is 0 Å². The topological polar surface area (TPSA) is 38.0 Å². The molecule has 1 aromatic carbocycles. The molecule has 1 aromatic rings. The fraction of sp³-hybridized carbons (Fsp3) is 0.571. The van der Waals surface area contributed by atoms with Crippen LogP contribution in [0, 0.1) is 17.7 Å². The van der Waals surface area contributed by atoms with Crippen molar-refractivity contribution >= 4 is 11.4 Å². The molecule has 0 saturated heterocycles. The molecule has 17 heavy (non-hydrogen) atoms. The lowest BCUT2D eigenvalue weighted by Gasteiger charge is -2.26. The van der Waals surface area contributed by atoms with Crippen molar-refractivity contribution in [2.75, 3.05) is 17.6 Å². The second kappa shape index (κ2) is 5.39. The molecule has 0 heterocycles. The number of nitrogen functional groups attached to an aromatic ring is 1. The first-order valence-electron chi connectivity index (χ1n) is 6.44. The summed E-state index contributed by atoms with van der Waals surface area (Å²) in [5.74, 6) is 1.33. The Bertz CT molecular complexity index is 370. The molecule has 0 radical (unpaired) electrons. The average Bonchev–Trinajstić information content (AvgIpc) is 2.32. The maximum Gasteiger partial charge on any atom is 0.125 e. The molecule has 3 N–H and O–H groups in total. The van der Waals surface area contributed by atoms with E-state index >= 15 is 0 Å². The molecule has 0 amide bonds. The highest BCUT2D eigenvalue weighted by Crippen LogP contribution is 2.29. The summed E-state index contributed by atoms with van der Waals surface area (Å²) >= 11 is 0. The summed E-state index contributed by atoms with van der Waals surface area (Å²) < 4.78 is 13.1. The predicted octanol–water partition coefficient (Wildman–Crippen LogP) is 3.65. The van der Waals surface area contributed by atoms with Crippen LogP contribution >= 0.6 is 0 Å². The molecule has 2 nitrogen and oxygen atoms in total. The highest BCUT2D eigenvalue weighted by molar-refractivity contribution is 5.65. The summed E-state index contributed by atoms with van der Waals surface area (Å²) in [6, 6.07) is 4.48. The molecular weight excluding hydrogens is 215 g/mol. The number of nitrogens with one attached hydrogen (secondary N) is 1. The van der Waals surface area contributed by atoms with Crippen LogP contribution in [0.25, 0.3) is 0 Å². The molecule has 0 atom stereocenters. The van der Waals surface area contributed by atoms with Gasteiger partial charge in [0.05, 0.1) is 11.4 Å². The molecule has 94 valence electrons. The van der Waals surface area contributed by atoms with Crippen LogP contribution in [0.1, 0.15) is 32.6 Å². The number of rotatable bonds is 3.